The van der Waals surface area contributed by atoms with E-state index in [1.54, 1.807) is 34.1 Å². The maximum absolute atomic E-state index is 13.1. The van der Waals surface area contributed by atoms with Crippen molar-refractivity contribution in [2.24, 2.45) is 7.05 Å². The van der Waals surface area contributed by atoms with Crippen molar-refractivity contribution in [1.82, 2.24) is 24.5 Å². The Balaban J connectivity index is 1.32. The van der Waals surface area contributed by atoms with Crippen molar-refractivity contribution < 1.29 is 8.78 Å². The van der Waals surface area contributed by atoms with Gasteiger partial charge in [0.15, 0.2) is 5.82 Å². The van der Waals surface area contributed by atoms with E-state index in [1.165, 1.54) is 11.9 Å². The van der Waals surface area contributed by atoms with Crippen LogP contribution in [0, 0.1) is 0 Å². The van der Waals surface area contributed by atoms with Crippen molar-refractivity contribution in [3.63, 3.8) is 0 Å². The monoisotopic (exact) mass is 413 g/mol. The van der Waals surface area contributed by atoms with Gasteiger partial charge in [0.2, 0.25) is 0 Å². The zero-order chi connectivity index (χ0) is 20.0. The Bertz CT molecular complexity index is 1180. The number of nitrogens with zero attached hydrogens (tertiary/aromatic N) is 6. The van der Waals surface area contributed by atoms with Gasteiger partial charge in [-0.3, -0.25) is 4.68 Å². The maximum Gasteiger partial charge on any atom is 0.282 e. The van der Waals surface area contributed by atoms with E-state index in [-0.39, 0.29) is 13.1 Å². The first kappa shape index (κ1) is 17.9. The molecule has 4 heterocycles. The molecular weight excluding hydrogens is 396 g/mol. The highest BCUT2D eigenvalue weighted by molar-refractivity contribution is 8.00. The molecule has 0 unspecified atom stereocenters. The van der Waals surface area contributed by atoms with Crippen molar-refractivity contribution in [3.8, 4) is 5.82 Å². The van der Waals surface area contributed by atoms with Gasteiger partial charge in [-0.15, -0.1) is 0 Å². The van der Waals surface area contributed by atoms with Crippen LogP contribution >= 0.6 is 11.9 Å². The summed E-state index contributed by atoms with van der Waals surface area (Å²) in [4.78, 5) is 6.83. The molecule has 0 aliphatic carbocycles. The second-order valence-electron chi connectivity index (χ2n) is 6.92. The fourth-order valence-electron chi connectivity index (χ4n) is 3.34. The summed E-state index contributed by atoms with van der Waals surface area (Å²) in [5.41, 5.74) is 2.69. The molecule has 1 aromatic carbocycles. The lowest BCUT2D eigenvalue weighted by Gasteiger charge is -2.40. The number of nitrogens with one attached hydrogen (secondary N) is 1. The van der Waals surface area contributed by atoms with Crippen molar-refractivity contribution in [2.75, 3.05) is 22.7 Å². The number of hydrogen-bond acceptors (Lipinski definition) is 6. The fourth-order valence-corrected chi connectivity index (χ4v) is 3.98. The van der Waals surface area contributed by atoms with Gasteiger partial charge in [0.25, 0.3) is 5.92 Å². The molecule has 148 valence electrons. The largest absolute Gasteiger partial charge is 0.359 e. The second-order valence-corrected chi connectivity index (χ2v) is 7.80. The maximum atomic E-state index is 13.1. The summed E-state index contributed by atoms with van der Waals surface area (Å²) in [6, 6.07) is 9.48. The number of hydrogen-bond donors (Lipinski definition) is 1. The SMILES string of the molecule is Cn1ncc2cccc(NSc3cnn(-c4cc(N5CC(F)(F)C5)ccn4)c3)c21. The Hall–Kier alpha value is -3.14. The number of rotatable bonds is 5. The molecule has 29 heavy (non-hydrogen) atoms. The van der Waals surface area contributed by atoms with E-state index in [4.69, 9.17) is 0 Å². The van der Waals surface area contributed by atoms with E-state index in [9.17, 15) is 8.78 Å². The molecule has 10 heteroatoms. The lowest BCUT2D eigenvalue weighted by atomic mass is 10.1. The van der Waals surface area contributed by atoms with Gasteiger partial charge in [-0.05, 0) is 24.1 Å². The van der Waals surface area contributed by atoms with E-state index < -0.39 is 5.92 Å². The van der Waals surface area contributed by atoms with Crippen molar-refractivity contribution in [3.05, 3.63) is 55.1 Å². The summed E-state index contributed by atoms with van der Waals surface area (Å²) in [5.74, 6) is -2.03. The molecule has 1 saturated heterocycles. The fraction of sp³-hybridized carbons (Fsp3) is 0.211. The Morgan fingerprint density at radius 1 is 1.14 bits per heavy atom. The first-order chi connectivity index (χ1) is 14.0. The molecule has 1 fully saturated rings. The zero-order valence-corrected chi connectivity index (χ0v) is 16.3. The number of aryl methyl sites for hydroxylation is 1. The summed E-state index contributed by atoms with van der Waals surface area (Å²) in [6.07, 6.45) is 7.01. The Morgan fingerprint density at radius 2 is 2.00 bits per heavy atom. The number of benzene rings is 1. The molecule has 3 aromatic heterocycles. The minimum Gasteiger partial charge on any atom is -0.359 e. The molecule has 7 nitrogen and oxygen atoms in total. The molecule has 0 bridgehead atoms. The standard InChI is InChI=1S/C19H17F2N7S/c1-26-18-13(8-23-26)3-2-4-16(18)25-29-15-9-24-28(10-15)17-7-14(5-6-22-17)27-11-19(20,21)12-27/h2-10,25H,11-12H2,1H3. The van der Waals surface area contributed by atoms with Crippen LogP contribution in [0.15, 0.2) is 60.0 Å². The molecule has 1 aliphatic heterocycles. The quantitative estimate of drug-likeness (QED) is 0.503. The average molecular weight is 413 g/mol. The molecule has 5 rings (SSSR count). The summed E-state index contributed by atoms with van der Waals surface area (Å²) in [5, 5.41) is 9.70. The molecular formula is C19H17F2N7S. The van der Waals surface area contributed by atoms with Gasteiger partial charge in [0.05, 0.1) is 41.6 Å². The predicted molar refractivity (Wildman–Crippen MR) is 109 cm³/mol. The van der Waals surface area contributed by atoms with E-state index in [2.05, 4.69) is 19.9 Å². The number of halogens is 2. The van der Waals surface area contributed by atoms with E-state index in [0.717, 1.165) is 21.5 Å². The normalized spacial score (nSPS) is 15.5. The number of para-hydroxylation sites is 1. The molecule has 1 N–H and O–H groups in total. The van der Waals surface area contributed by atoms with E-state index in [0.29, 0.717) is 11.5 Å². The van der Waals surface area contributed by atoms with Crippen LogP contribution in [0.5, 0.6) is 0 Å². The van der Waals surface area contributed by atoms with E-state index in [1.807, 2.05) is 42.3 Å². The highest BCUT2D eigenvalue weighted by Crippen LogP contribution is 2.32. The molecule has 0 radical (unpaired) electrons. The first-order valence-electron chi connectivity index (χ1n) is 8.96. The predicted octanol–water partition coefficient (Wildman–Crippen LogP) is 3.73. The van der Waals surface area contributed by atoms with Crippen LogP contribution < -0.4 is 9.62 Å². The molecule has 0 saturated carbocycles. The average Bonchev–Trinajstić information content (AvgIpc) is 3.32. The molecule has 1 aliphatic rings. The van der Waals surface area contributed by atoms with Gasteiger partial charge < -0.3 is 9.62 Å². The lowest BCUT2D eigenvalue weighted by molar-refractivity contribution is -0.0262. The van der Waals surface area contributed by atoms with Gasteiger partial charge in [0, 0.05) is 36.6 Å². The number of anilines is 2. The zero-order valence-electron chi connectivity index (χ0n) is 15.5. The molecule has 0 amide bonds. The van der Waals surface area contributed by atoms with Crippen LogP contribution in [0.3, 0.4) is 0 Å². The van der Waals surface area contributed by atoms with Crippen LogP contribution in [0.4, 0.5) is 20.2 Å². The van der Waals surface area contributed by atoms with Crippen LogP contribution in [0.25, 0.3) is 16.7 Å². The van der Waals surface area contributed by atoms with Crippen LogP contribution in [-0.2, 0) is 7.05 Å². The van der Waals surface area contributed by atoms with Gasteiger partial charge in [-0.2, -0.15) is 10.2 Å². The Labute approximate surface area is 169 Å². The minimum atomic E-state index is -2.61. The van der Waals surface area contributed by atoms with E-state index >= 15 is 0 Å². The van der Waals surface area contributed by atoms with Crippen molar-refractivity contribution in [2.45, 2.75) is 10.8 Å². The van der Waals surface area contributed by atoms with Gasteiger partial charge >= 0.3 is 0 Å². The second kappa shape index (κ2) is 6.73. The minimum absolute atomic E-state index is 0.264. The molecule has 0 atom stereocenters. The number of pyridine rings is 1. The third-order valence-corrected chi connectivity index (χ3v) is 5.54. The smallest absolute Gasteiger partial charge is 0.282 e. The Morgan fingerprint density at radius 3 is 2.83 bits per heavy atom. The Kier molecular flexibility index (Phi) is 4.16. The summed E-state index contributed by atoms with van der Waals surface area (Å²) in [6.45, 7) is -0.527. The lowest BCUT2D eigenvalue weighted by Crippen LogP contribution is -2.56. The van der Waals surface area contributed by atoms with Crippen molar-refractivity contribution in [1.29, 1.82) is 0 Å². The van der Waals surface area contributed by atoms with Crippen LogP contribution in [-0.4, -0.2) is 43.6 Å². The highest BCUT2D eigenvalue weighted by atomic mass is 32.2. The van der Waals surface area contributed by atoms with Crippen LogP contribution in [0.2, 0.25) is 0 Å². The summed E-state index contributed by atoms with van der Waals surface area (Å²) in [7, 11) is 1.91. The highest BCUT2D eigenvalue weighted by Gasteiger charge is 2.44. The van der Waals surface area contributed by atoms with Gasteiger partial charge in [-0.1, -0.05) is 12.1 Å². The molecule has 4 aromatic rings. The number of fused-ring (bicyclic) bond motifs is 1. The first-order valence-corrected chi connectivity index (χ1v) is 9.78. The number of aromatic nitrogens is 5. The number of alkyl halides is 2. The summed E-state index contributed by atoms with van der Waals surface area (Å²) < 4.78 is 33.1. The van der Waals surface area contributed by atoms with Crippen molar-refractivity contribution >= 4 is 34.2 Å². The molecule has 0 spiro atoms. The van der Waals surface area contributed by atoms with Crippen LogP contribution in [0.1, 0.15) is 0 Å². The third-order valence-electron chi connectivity index (χ3n) is 4.77. The van der Waals surface area contributed by atoms with Gasteiger partial charge in [0.1, 0.15) is 0 Å². The summed E-state index contributed by atoms with van der Waals surface area (Å²) >= 11 is 1.43. The third kappa shape index (κ3) is 3.39. The van der Waals surface area contributed by atoms with Gasteiger partial charge in [-0.25, -0.2) is 18.4 Å². The topological polar surface area (TPSA) is 63.8 Å².